The minimum atomic E-state index is -0.831. The Kier molecular flexibility index (Phi) is 5.72. The van der Waals surface area contributed by atoms with E-state index >= 15 is 0 Å². The van der Waals surface area contributed by atoms with Gasteiger partial charge in [-0.25, -0.2) is 9.48 Å². The molecule has 0 aliphatic carbocycles. The van der Waals surface area contributed by atoms with E-state index in [4.69, 9.17) is 51.1 Å². The monoisotopic (exact) mass is 443 g/mol. The zero-order chi connectivity index (χ0) is 19.7. The Hall–Kier alpha value is -2.12. The lowest BCUT2D eigenvalue weighted by atomic mass is 10.1. The van der Waals surface area contributed by atoms with Crippen LogP contribution in [-0.4, -0.2) is 33.9 Å². The van der Waals surface area contributed by atoms with E-state index in [0.717, 1.165) is 4.68 Å². The quantitative estimate of drug-likeness (QED) is 0.422. The van der Waals surface area contributed by atoms with Gasteiger partial charge in [-0.1, -0.05) is 51.6 Å². The zero-order valence-electron chi connectivity index (χ0n) is 13.5. The SMILES string of the molecule is COC(=O)c1nnn(-c2cc(Cl)ccc2Cl)c1C(=O)c1ccc(Cl)c(Cl)c1. The molecule has 0 bridgehead atoms. The van der Waals surface area contributed by atoms with Crippen LogP contribution in [0.15, 0.2) is 36.4 Å². The van der Waals surface area contributed by atoms with Crippen molar-refractivity contribution in [1.82, 2.24) is 15.0 Å². The van der Waals surface area contributed by atoms with E-state index in [1.165, 1.54) is 37.4 Å². The van der Waals surface area contributed by atoms with Gasteiger partial charge in [0.25, 0.3) is 0 Å². The molecule has 0 aliphatic rings. The highest BCUT2D eigenvalue weighted by molar-refractivity contribution is 6.42. The molecule has 0 saturated carbocycles. The molecule has 0 saturated heterocycles. The fourth-order valence-corrected chi connectivity index (χ4v) is 2.97. The minimum Gasteiger partial charge on any atom is -0.464 e. The molecular weight excluding hydrogens is 436 g/mol. The van der Waals surface area contributed by atoms with Crippen LogP contribution in [0.2, 0.25) is 20.1 Å². The molecule has 3 rings (SSSR count). The second kappa shape index (κ2) is 7.86. The predicted octanol–water partition coefficient (Wildman–Crippen LogP) is 4.90. The Morgan fingerprint density at radius 3 is 2.33 bits per heavy atom. The lowest BCUT2D eigenvalue weighted by molar-refractivity contribution is 0.0590. The van der Waals surface area contributed by atoms with E-state index in [1.807, 2.05) is 0 Å². The maximum Gasteiger partial charge on any atom is 0.361 e. The highest BCUT2D eigenvalue weighted by Crippen LogP contribution is 2.28. The molecule has 0 spiro atoms. The molecule has 2 aromatic carbocycles. The van der Waals surface area contributed by atoms with Crippen molar-refractivity contribution in [2.75, 3.05) is 7.11 Å². The number of rotatable bonds is 4. The van der Waals surface area contributed by atoms with E-state index in [9.17, 15) is 9.59 Å². The van der Waals surface area contributed by atoms with Gasteiger partial charge in [0.2, 0.25) is 11.5 Å². The van der Waals surface area contributed by atoms with E-state index in [2.05, 4.69) is 10.3 Å². The largest absolute Gasteiger partial charge is 0.464 e. The summed E-state index contributed by atoms with van der Waals surface area (Å²) >= 11 is 24.1. The Morgan fingerprint density at radius 2 is 1.67 bits per heavy atom. The summed E-state index contributed by atoms with van der Waals surface area (Å²) < 4.78 is 5.83. The van der Waals surface area contributed by atoms with Gasteiger partial charge < -0.3 is 4.74 Å². The summed E-state index contributed by atoms with van der Waals surface area (Å²) in [6, 6.07) is 8.91. The number of carbonyl (C=O) groups is 2. The van der Waals surface area contributed by atoms with Crippen LogP contribution >= 0.6 is 46.4 Å². The Labute approximate surface area is 173 Å². The maximum atomic E-state index is 13.1. The third-order valence-electron chi connectivity index (χ3n) is 3.58. The number of hydrogen-bond donors (Lipinski definition) is 0. The van der Waals surface area contributed by atoms with E-state index in [1.54, 1.807) is 6.07 Å². The fourth-order valence-electron chi connectivity index (χ4n) is 2.31. The number of esters is 1. The third-order valence-corrected chi connectivity index (χ3v) is 4.88. The zero-order valence-corrected chi connectivity index (χ0v) is 16.6. The van der Waals surface area contributed by atoms with Crippen molar-refractivity contribution in [1.29, 1.82) is 0 Å². The lowest BCUT2D eigenvalue weighted by Crippen LogP contribution is -2.15. The number of carbonyl (C=O) groups excluding carboxylic acids is 2. The Morgan fingerprint density at radius 1 is 0.963 bits per heavy atom. The molecule has 0 aliphatic heterocycles. The molecule has 0 unspecified atom stereocenters. The normalized spacial score (nSPS) is 10.7. The summed E-state index contributed by atoms with van der Waals surface area (Å²) in [4.78, 5) is 25.2. The van der Waals surface area contributed by atoms with Gasteiger partial charge in [0.15, 0.2) is 5.69 Å². The van der Waals surface area contributed by atoms with Crippen molar-refractivity contribution < 1.29 is 14.3 Å². The molecule has 1 heterocycles. The first-order valence-corrected chi connectivity index (χ1v) is 8.84. The van der Waals surface area contributed by atoms with Gasteiger partial charge in [-0.15, -0.1) is 5.10 Å². The second-order valence-electron chi connectivity index (χ2n) is 5.24. The summed E-state index contributed by atoms with van der Waals surface area (Å²) in [6.07, 6.45) is 0. The first-order chi connectivity index (χ1) is 12.8. The van der Waals surface area contributed by atoms with Gasteiger partial charge in [-0.3, -0.25) is 4.79 Å². The Bertz CT molecular complexity index is 1070. The van der Waals surface area contributed by atoms with Crippen LogP contribution in [-0.2, 0) is 4.74 Å². The topological polar surface area (TPSA) is 74.1 Å². The number of ether oxygens (including phenoxy) is 1. The molecule has 0 radical (unpaired) electrons. The number of methoxy groups -OCH3 is 1. The van der Waals surface area contributed by atoms with Crippen molar-refractivity contribution in [3.8, 4) is 5.69 Å². The van der Waals surface area contributed by atoms with Gasteiger partial charge in [-0.05, 0) is 36.4 Å². The van der Waals surface area contributed by atoms with Gasteiger partial charge in [0.05, 0.1) is 27.9 Å². The maximum absolute atomic E-state index is 13.1. The minimum absolute atomic E-state index is 0.149. The summed E-state index contributed by atoms with van der Waals surface area (Å²) in [5.74, 6) is -1.40. The summed E-state index contributed by atoms with van der Waals surface area (Å²) in [6.45, 7) is 0. The molecule has 0 amide bonds. The van der Waals surface area contributed by atoms with Crippen LogP contribution in [0.25, 0.3) is 5.69 Å². The smallest absolute Gasteiger partial charge is 0.361 e. The molecule has 0 fully saturated rings. The summed E-state index contributed by atoms with van der Waals surface area (Å²) in [7, 11) is 1.17. The number of aromatic nitrogens is 3. The van der Waals surface area contributed by atoms with Crippen molar-refractivity contribution in [2.45, 2.75) is 0 Å². The van der Waals surface area contributed by atoms with Crippen molar-refractivity contribution in [3.63, 3.8) is 0 Å². The number of hydrogen-bond acceptors (Lipinski definition) is 5. The average Bonchev–Trinajstić information content (AvgIpc) is 3.09. The predicted molar refractivity (Wildman–Crippen MR) is 103 cm³/mol. The van der Waals surface area contributed by atoms with Crippen molar-refractivity contribution >= 4 is 58.2 Å². The van der Waals surface area contributed by atoms with E-state index in [-0.39, 0.29) is 37.7 Å². The average molecular weight is 445 g/mol. The second-order valence-corrected chi connectivity index (χ2v) is 6.90. The van der Waals surface area contributed by atoms with Crippen molar-refractivity contribution in [2.24, 2.45) is 0 Å². The molecule has 0 N–H and O–H groups in total. The molecule has 10 heteroatoms. The van der Waals surface area contributed by atoms with E-state index < -0.39 is 11.8 Å². The first kappa shape index (κ1) is 19.6. The van der Waals surface area contributed by atoms with Crippen LogP contribution in [0.5, 0.6) is 0 Å². The molecular formula is C17H9Cl4N3O3. The standard InChI is InChI=1S/C17H9Cl4N3O3/c1-27-17(26)14-15(16(25)8-2-4-10(19)12(21)6-8)24(23-22-14)13-7-9(18)3-5-11(13)20/h2-7H,1H3. The number of ketones is 1. The molecule has 6 nitrogen and oxygen atoms in total. The number of nitrogens with zero attached hydrogens (tertiary/aromatic N) is 3. The lowest BCUT2D eigenvalue weighted by Gasteiger charge is -2.09. The highest BCUT2D eigenvalue weighted by atomic mass is 35.5. The fraction of sp³-hybridized carbons (Fsp3) is 0.0588. The summed E-state index contributed by atoms with van der Waals surface area (Å²) in [5.41, 5.74) is 0.0282. The highest BCUT2D eigenvalue weighted by Gasteiger charge is 2.29. The number of halogens is 4. The first-order valence-electron chi connectivity index (χ1n) is 7.32. The van der Waals surface area contributed by atoms with Crippen LogP contribution in [0.3, 0.4) is 0 Å². The van der Waals surface area contributed by atoms with Crippen LogP contribution in [0, 0.1) is 0 Å². The third kappa shape index (κ3) is 3.80. The van der Waals surface area contributed by atoms with Crippen LogP contribution in [0.1, 0.15) is 26.5 Å². The molecule has 27 heavy (non-hydrogen) atoms. The Balaban J connectivity index is 2.24. The van der Waals surface area contributed by atoms with Crippen LogP contribution < -0.4 is 0 Å². The van der Waals surface area contributed by atoms with Gasteiger partial charge in [0, 0.05) is 10.6 Å². The number of benzene rings is 2. The van der Waals surface area contributed by atoms with Crippen molar-refractivity contribution in [3.05, 3.63) is 73.4 Å². The van der Waals surface area contributed by atoms with Gasteiger partial charge >= 0.3 is 5.97 Å². The van der Waals surface area contributed by atoms with Gasteiger partial charge in [0.1, 0.15) is 0 Å². The molecule has 138 valence electrons. The summed E-state index contributed by atoms with van der Waals surface area (Å²) in [5, 5.41) is 8.74. The van der Waals surface area contributed by atoms with Crippen LogP contribution in [0.4, 0.5) is 0 Å². The van der Waals surface area contributed by atoms with Gasteiger partial charge in [-0.2, -0.15) is 0 Å². The molecule has 3 aromatic rings. The van der Waals surface area contributed by atoms with E-state index in [0.29, 0.717) is 5.02 Å². The molecule has 1 aromatic heterocycles. The molecule has 0 atom stereocenters.